The normalized spacial score (nSPS) is 16.4. The van der Waals surface area contributed by atoms with Crippen LogP contribution in [0.3, 0.4) is 0 Å². The fourth-order valence-corrected chi connectivity index (χ4v) is 2.51. The van der Waals surface area contributed by atoms with E-state index in [2.05, 4.69) is 10.6 Å². The highest BCUT2D eigenvalue weighted by molar-refractivity contribution is 5.97. The second-order valence-electron chi connectivity index (χ2n) is 7.44. The lowest BCUT2D eigenvalue weighted by molar-refractivity contribution is -0.144. The van der Waals surface area contributed by atoms with Gasteiger partial charge in [-0.15, -0.1) is 0 Å². The Morgan fingerprint density at radius 2 is 1.28 bits per heavy atom. The van der Waals surface area contributed by atoms with E-state index in [9.17, 15) is 33.9 Å². The minimum absolute atomic E-state index is 0.223. The average Bonchev–Trinajstić information content (AvgIpc) is 2.68. The lowest BCUT2D eigenvalue weighted by atomic mass is 9.98. The van der Waals surface area contributed by atoms with Gasteiger partial charge in [-0.25, -0.2) is 4.79 Å². The highest BCUT2D eigenvalue weighted by atomic mass is 16.4. The number of hydrogen-bond acceptors (Lipinski definition) is 8. The molecule has 0 fully saturated rings. The van der Waals surface area contributed by atoms with Crippen LogP contribution in [0, 0.1) is 5.92 Å². The Bertz CT molecular complexity index is 728. The molecule has 14 nitrogen and oxygen atoms in total. The average molecular weight is 460 g/mol. The van der Waals surface area contributed by atoms with Gasteiger partial charge in [0.1, 0.15) is 18.1 Å². The van der Waals surface area contributed by atoms with Gasteiger partial charge in [0.25, 0.3) is 0 Å². The van der Waals surface area contributed by atoms with Crippen molar-refractivity contribution >= 4 is 35.5 Å². The zero-order valence-corrected chi connectivity index (χ0v) is 18.2. The lowest BCUT2D eigenvalue weighted by Gasteiger charge is -2.27. The van der Waals surface area contributed by atoms with Crippen LogP contribution >= 0.6 is 0 Å². The first kappa shape index (κ1) is 28.7. The van der Waals surface area contributed by atoms with Gasteiger partial charge in [0.05, 0.1) is 25.0 Å². The third-order valence-electron chi connectivity index (χ3n) is 4.68. The molecule has 6 atom stereocenters. The number of nitrogens with one attached hydrogen (secondary N) is 3. The monoisotopic (exact) mass is 460 g/mol. The summed E-state index contributed by atoms with van der Waals surface area (Å²) in [5, 5.41) is 25.4. The van der Waals surface area contributed by atoms with Crippen LogP contribution in [0.5, 0.6) is 0 Å². The van der Waals surface area contributed by atoms with E-state index in [0.717, 1.165) is 0 Å². The van der Waals surface area contributed by atoms with Gasteiger partial charge >= 0.3 is 5.97 Å². The lowest BCUT2D eigenvalue weighted by Crippen LogP contribution is -2.60. The first-order valence-corrected chi connectivity index (χ1v) is 9.85. The molecule has 0 radical (unpaired) electrons. The minimum atomic E-state index is -1.71. The number of carbonyl (C=O) groups is 6. The largest absolute Gasteiger partial charge is 0.480 e. The van der Waals surface area contributed by atoms with E-state index in [1.54, 1.807) is 6.92 Å². The molecule has 0 aliphatic rings. The van der Waals surface area contributed by atoms with Crippen LogP contribution in [-0.4, -0.2) is 76.0 Å². The van der Waals surface area contributed by atoms with Crippen molar-refractivity contribution in [2.24, 2.45) is 23.1 Å². The molecule has 14 heteroatoms. The summed E-state index contributed by atoms with van der Waals surface area (Å²) in [6.45, 7) is 4.74. The van der Waals surface area contributed by atoms with Crippen LogP contribution in [0.1, 0.15) is 40.0 Å². The molecule has 0 bridgehead atoms. The van der Waals surface area contributed by atoms with Gasteiger partial charge < -0.3 is 43.4 Å². The molecule has 0 rings (SSSR count). The van der Waals surface area contributed by atoms with E-state index in [4.69, 9.17) is 22.3 Å². The molecule has 0 aromatic rings. The molecule has 0 aromatic carbocycles. The van der Waals surface area contributed by atoms with Gasteiger partial charge in [-0.3, -0.25) is 24.0 Å². The van der Waals surface area contributed by atoms with Crippen molar-refractivity contribution in [3.05, 3.63) is 0 Å². The Labute approximate surface area is 184 Å². The van der Waals surface area contributed by atoms with E-state index >= 15 is 0 Å². The topological polar surface area (TPSA) is 257 Å². The Kier molecular flexibility index (Phi) is 11.9. The molecule has 32 heavy (non-hydrogen) atoms. The van der Waals surface area contributed by atoms with Gasteiger partial charge in [-0.1, -0.05) is 20.3 Å². The Morgan fingerprint density at radius 3 is 1.69 bits per heavy atom. The van der Waals surface area contributed by atoms with Crippen LogP contribution in [0.2, 0.25) is 0 Å². The Balaban J connectivity index is 5.51. The number of rotatable bonds is 14. The standard InChI is InChI=1S/C18H32N6O8/c1-4-7(2)13(21)16(29)24-14(8(3)25)17(30)22-9(5-11(19)26)15(28)23-10(18(31)32)6-12(20)27/h7-10,13-14,25H,4-6,21H2,1-3H3,(H2,19,26)(H2,20,27)(H,22,30)(H,23,28)(H,24,29)(H,31,32). The number of aliphatic hydroxyl groups is 1. The Hall–Kier alpha value is -3.26. The summed E-state index contributed by atoms with van der Waals surface area (Å²) in [5.41, 5.74) is 15.8. The van der Waals surface area contributed by atoms with Crippen molar-refractivity contribution in [2.75, 3.05) is 0 Å². The molecule has 6 unspecified atom stereocenters. The summed E-state index contributed by atoms with van der Waals surface area (Å²) in [6.07, 6.45) is -2.30. The Morgan fingerprint density at radius 1 is 0.812 bits per heavy atom. The first-order valence-electron chi connectivity index (χ1n) is 9.85. The van der Waals surface area contributed by atoms with Crippen LogP contribution in [-0.2, 0) is 28.8 Å². The summed E-state index contributed by atoms with van der Waals surface area (Å²) in [6, 6.07) is -5.88. The summed E-state index contributed by atoms with van der Waals surface area (Å²) >= 11 is 0. The summed E-state index contributed by atoms with van der Waals surface area (Å²) in [7, 11) is 0. The molecule has 0 saturated heterocycles. The number of carbonyl (C=O) groups excluding carboxylic acids is 5. The van der Waals surface area contributed by atoms with Crippen LogP contribution in [0.25, 0.3) is 0 Å². The zero-order valence-electron chi connectivity index (χ0n) is 18.2. The molecule has 0 aromatic heterocycles. The van der Waals surface area contributed by atoms with Gasteiger partial charge in [-0.2, -0.15) is 0 Å². The third kappa shape index (κ3) is 9.70. The molecule has 0 saturated carbocycles. The summed E-state index contributed by atoms with van der Waals surface area (Å²) < 4.78 is 0. The second-order valence-corrected chi connectivity index (χ2v) is 7.44. The molecule has 5 amide bonds. The number of aliphatic hydroxyl groups excluding tert-OH is 1. The van der Waals surface area contributed by atoms with Crippen LogP contribution < -0.4 is 33.2 Å². The molecule has 0 spiro atoms. The summed E-state index contributed by atoms with van der Waals surface area (Å²) in [5.74, 6) is -6.73. The van der Waals surface area contributed by atoms with Gasteiger partial charge in [0, 0.05) is 0 Å². The molecule has 0 heterocycles. The second kappa shape index (κ2) is 13.2. The molecule has 182 valence electrons. The van der Waals surface area contributed by atoms with E-state index in [-0.39, 0.29) is 5.92 Å². The predicted molar refractivity (Wildman–Crippen MR) is 110 cm³/mol. The molecule has 11 N–H and O–H groups in total. The zero-order chi connectivity index (χ0) is 25.2. The van der Waals surface area contributed by atoms with E-state index in [1.165, 1.54) is 6.92 Å². The summed E-state index contributed by atoms with van der Waals surface area (Å²) in [4.78, 5) is 70.9. The number of carboxylic acids is 1. The van der Waals surface area contributed by atoms with Crippen molar-refractivity contribution < 1.29 is 39.0 Å². The van der Waals surface area contributed by atoms with E-state index in [1.807, 2.05) is 12.2 Å². The number of hydrogen-bond donors (Lipinski definition) is 8. The fraction of sp³-hybridized carbons (Fsp3) is 0.667. The number of aliphatic carboxylic acids is 1. The van der Waals surface area contributed by atoms with Gasteiger partial charge in [0.15, 0.2) is 0 Å². The van der Waals surface area contributed by atoms with E-state index < -0.39 is 78.6 Å². The van der Waals surface area contributed by atoms with Crippen LogP contribution in [0.4, 0.5) is 0 Å². The van der Waals surface area contributed by atoms with Crippen LogP contribution in [0.15, 0.2) is 0 Å². The SMILES string of the molecule is CCC(C)C(N)C(=O)NC(C(=O)NC(CC(N)=O)C(=O)NC(CC(N)=O)C(=O)O)C(C)O. The smallest absolute Gasteiger partial charge is 0.326 e. The first-order chi connectivity index (χ1) is 14.7. The highest BCUT2D eigenvalue weighted by Crippen LogP contribution is 2.07. The van der Waals surface area contributed by atoms with E-state index in [0.29, 0.717) is 6.42 Å². The number of nitrogens with two attached hydrogens (primary N) is 3. The maximum absolute atomic E-state index is 12.6. The van der Waals surface area contributed by atoms with Crippen molar-refractivity contribution in [2.45, 2.75) is 70.3 Å². The maximum Gasteiger partial charge on any atom is 0.326 e. The quantitative estimate of drug-likeness (QED) is 0.125. The highest BCUT2D eigenvalue weighted by Gasteiger charge is 2.34. The molecular formula is C18H32N6O8. The van der Waals surface area contributed by atoms with Gasteiger partial charge in [-0.05, 0) is 12.8 Å². The maximum atomic E-state index is 12.6. The molecule has 0 aliphatic heterocycles. The van der Waals surface area contributed by atoms with Crippen molar-refractivity contribution in [1.82, 2.24) is 16.0 Å². The van der Waals surface area contributed by atoms with Crippen molar-refractivity contribution in [1.29, 1.82) is 0 Å². The number of carboxylic acid groups (broad SMARTS) is 1. The third-order valence-corrected chi connectivity index (χ3v) is 4.68. The number of primary amides is 2. The van der Waals surface area contributed by atoms with Gasteiger partial charge in [0.2, 0.25) is 29.5 Å². The number of amides is 5. The fourth-order valence-electron chi connectivity index (χ4n) is 2.51. The molecule has 0 aliphatic carbocycles. The predicted octanol–water partition coefficient (Wildman–Crippen LogP) is -3.97. The van der Waals surface area contributed by atoms with Crippen molar-refractivity contribution in [3.8, 4) is 0 Å². The van der Waals surface area contributed by atoms with Crippen molar-refractivity contribution in [3.63, 3.8) is 0 Å². The minimum Gasteiger partial charge on any atom is -0.480 e. The molecular weight excluding hydrogens is 428 g/mol.